The van der Waals surface area contributed by atoms with E-state index >= 15 is 0 Å². The summed E-state index contributed by atoms with van der Waals surface area (Å²) in [7, 11) is 0. The first-order valence-corrected chi connectivity index (χ1v) is 17.1. The highest BCUT2D eigenvalue weighted by molar-refractivity contribution is 8.00. The molecule has 9 heteroatoms. The van der Waals surface area contributed by atoms with Crippen molar-refractivity contribution < 1.29 is 19.4 Å². The number of benzene rings is 4. The number of thioether (sulfide) groups is 1. The van der Waals surface area contributed by atoms with Gasteiger partial charge in [-0.3, -0.25) is 14.5 Å². The van der Waals surface area contributed by atoms with Crippen LogP contribution in [0.2, 0.25) is 0 Å². The minimum absolute atomic E-state index is 0.000719. The Morgan fingerprint density at radius 3 is 2.26 bits per heavy atom. The molecule has 47 heavy (non-hydrogen) atoms. The quantitative estimate of drug-likeness (QED) is 0.0556. The SMILES string of the molecule is Cc1ccccc1COc1ccc(/C(O)=C2\C(=O)C(=O)N(c3nnc(SCc4ccccc4)s3)C2c2ccc(C(C)(C)C)cc2)cc1. The van der Waals surface area contributed by atoms with Gasteiger partial charge >= 0.3 is 5.91 Å². The van der Waals surface area contributed by atoms with Gasteiger partial charge in [0.2, 0.25) is 5.13 Å². The Labute approximate surface area is 283 Å². The van der Waals surface area contributed by atoms with Crippen molar-refractivity contribution in [2.24, 2.45) is 0 Å². The number of hydrogen-bond acceptors (Lipinski definition) is 8. The molecule has 6 rings (SSSR count). The number of aliphatic hydroxyl groups is 1. The fourth-order valence-electron chi connectivity index (χ4n) is 5.39. The Morgan fingerprint density at radius 2 is 1.57 bits per heavy atom. The molecule has 238 valence electrons. The standard InChI is InChI=1S/C38H35N3O4S2/c1-24-10-8-9-13-28(24)22-45-30-20-16-27(17-21-30)33(42)31-32(26-14-18-29(19-15-26)38(2,3)4)41(35(44)34(31)43)36-39-40-37(47-36)46-23-25-11-6-5-7-12-25/h5-21,32,42H,22-23H2,1-4H3/b33-31+. The van der Waals surface area contributed by atoms with Crippen molar-refractivity contribution in [1.29, 1.82) is 0 Å². The molecule has 5 aromatic rings. The lowest BCUT2D eigenvalue weighted by Crippen LogP contribution is -2.29. The monoisotopic (exact) mass is 661 g/mol. The lowest BCUT2D eigenvalue weighted by Gasteiger charge is -2.24. The maximum atomic E-state index is 13.7. The van der Waals surface area contributed by atoms with E-state index in [1.54, 1.807) is 24.3 Å². The van der Waals surface area contributed by atoms with Gasteiger partial charge in [-0.15, -0.1) is 10.2 Å². The summed E-state index contributed by atoms with van der Waals surface area (Å²) in [6.45, 7) is 8.81. The lowest BCUT2D eigenvalue weighted by atomic mass is 9.85. The van der Waals surface area contributed by atoms with E-state index < -0.39 is 17.7 Å². The van der Waals surface area contributed by atoms with Crippen LogP contribution in [0.5, 0.6) is 5.75 Å². The second-order valence-corrected chi connectivity index (χ2v) is 14.6. The normalized spacial score (nSPS) is 16.1. The van der Waals surface area contributed by atoms with Crippen LogP contribution in [-0.4, -0.2) is 27.0 Å². The van der Waals surface area contributed by atoms with Crippen molar-refractivity contribution in [2.45, 2.75) is 55.9 Å². The predicted octanol–water partition coefficient (Wildman–Crippen LogP) is 8.64. The summed E-state index contributed by atoms with van der Waals surface area (Å²) in [5.41, 5.74) is 5.46. The summed E-state index contributed by atoms with van der Waals surface area (Å²) in [5, 5.41) is 20.6. The van der Waals surface area contributed by atoms with Gasteiger partial charge < -0.3 is 9.84 Å². The molecule has 7 nitrogen and oxygen atoms in total. The lowest BCUT2D eigenvalue weighted by molar-refractivity contribution is -0.132. The number of anilines is 1. The average molecular weight is 662 g/mol. The molecule has 0 aliphatic carbocycles. The molecule has 1 saturated heterocycles. The highest BCUT2D eigenvalue weighted by Gasteiger charge is 2.48. The molecule has 0 saturated carbocycles. The minimum Gasteiger partial charge on any atom is -0.507 e. The molecule has 1 unspecified atom stereocenters. The molecule has 4 aromatic carbocycles. The van der Waals surface area contributed by atoms with Gasteiger partial charge in [-0.1, -0.05) is 123 Å². The number of ether oxygens (including phenoxy) is 1. The van der Waals surface area contributed by atoms with E-state index in [2.05, 4.69) is 31.0 Å². The summed E-state index contributed by atoms with van der Waals surface area (Å²) in [4.78, 5) is 28.8. The number of nitrogens with zero attached hydrogens (tertiary/aromatic N) is 3. The van der Waals surface area contributed by atoms with E-state index in [9.17, 15) is 14.7 Å². The van der Waals surface area contributed by atoms with Crippen LogP contribution < -0.4 is 9.64 Å². The number of ketones is 1. The first-order valence-electron chi connectivity index (χ1n) is 15.3. The van der Waals surface area contributed by atoms with Crippen molar-refractivity contribution in [2.75, 3.05) is 4.90 Å². The van der Waals surface area contributed by atoms with Crippen molar-refractivity contribution in [3.8, 4) is 5.75 Å². The van der Waals surface area contributed by atoms with Crippen LogP contribution >= 0.6 is 23.1 Å². The van der Waals surface area contributed by atoms with E-state index in [1.165, 1.54) is 28.0 Å². The molecular formula is C38H35N3O4S2. The summed E-state index contributed by atoms with van der Waals surface area (Å²) in [6.07, 6.45) is 0. The zero-order valence-corrected chi connectivity index (χ0v) is 28.3. The average Bonchev–Trinajstić information content (AvgIpc) is 3.65. The summed E-state index contributed by atoms with van der Waals surface area (Å²) in [5.74, 6) is -0.485. The van der Waals surface area contributed by atoms with Crippen LogP contribution in [0.15, 0.2) is 113 Å². The molecule has 0 radical (unpaired) electrons. The van der Waals surface area contributed by atoms with Gasteiger partial charge in [0.05, 0.1) is 11.6 Å². The number of carbonyl (C=O) groups is 2. The number of Topliss-reactive ketones (excluding diaryl/α,β-unsaturated/α-hetero) is 1. The molecule has 1 atom stereocenters. The first kappa shape index (κ1) is 32.2. The maximum Gasteiger partial charge on any atom is 0.301 e. The van der Waals surface area contributed by atoms with Crippen LogP contribution in [0.1, 0.15) is 60.2 Å². The maximum absolute atomic E-state index is 13.7. The Bertz CT molecular complexity index is 1930. The second-order valence-electron chi connectivity index (χ2n) is 12.4. The number of aryl methyl sites for hydroxylation is 1. The molecule has 1 aromatic heterocycles. The fourth-order valence-corrected chi connectivity index (χ4v) is 7.21. The fraction of sp³-hybridized carbons (Fsp3) is 0.211. The van der Waals surface area contributed by atoms with Gasteiger partial charge in [0, 0.05) is 11.3 Å². The minimum atomic E-state index is -0.888. The van der Waals surface area contributed by atoms with Crippen molar-refractivity contribution in [1.82, 2.24) is 10.2 Å². The highest BCUT2D eigenvalue weighted by atomic mass is 32.2. The molecule has 1 N–H and O–H groups in total. The van der Waals surface area contributed by atoms with Crippen molar-refractivity contribution in [3.05, 3.63) is 142 Å². The molecule has 1 amide bonds. The topological polar surface area (TPSA) is 92.6 Å². The van der Waals surface area contributed by atoms with Gasteiger partial charge in [-0.25, -0.2) is 0 Å². The van der Waals surface area contributed by atoms with E-state index in [0.717, 1.165) is 22.3 Å². The molecule has 0 bridgehead atoms. The number of hydrogen-bond donors (Lipinski definition) is 1. The Morgan fingerprint density at radius 1 is 0.894 bits per heavy atom. The third-order valence-electron chi connectivity index (χ3n) is 8.13. The van der Waals surface area contributed by atoms with Crippen LogP contribution in [0.4, 0.5) is 5.13 Å². The van der Waals surface area contributed by atoms with Gasteiger partial charge in [0.1, 0.15) is 18.1 Å². The predicted molar refractivity (Wildman–Crippen MR) is 188 cm³/mol. The summed E-state index contributed by atoms with van der Waals surface area (Å²) in [6, 6.07) is 31.8. The van der Waals surface area contributed by atoms with Gasteiger partial charge in [0.15, 0.2) is 4.34 Å². The second kappa shape index (κ2) is 13.6. The van der Waals surface area contributed by atoms with Gasteiger partial charge in [0.25, 0.3) is 5.78 Å². The van der Waals surface area contributed by atoms with E-state index in [0.29, 0.717) is 38.7 Å². The number of carbonyl (C=O) groups excluding carboxylic acids is 2. The van der Waals surface area contributed by atoms with Crippen molar-refractivity contribution >= 4 is 45.7 Å². The van der Waals surface area contributed by atoms with E-state index in [1.807, 2.05) is 85.8 Å². The first-order chi connectivity index (χ1) is 22.6. The van der Waals surface area contributed by atoms with Crippen LogP contribution in [0.3, 0.4) is 0 Å². The van der Waals surface area contributed by atoms with Gasteiger partial charge in [-0.05, 0) is 64.4 Å². The number of aromatic nitrogens is 2. The number of amides is 1. The molecule has 1 fully saturated rings. The highest BCUT2D eigenvalue weighted by Crippen LogP contribution is 2.44. The van der Waals surface area contributed by atoms with E-state index in [-0.39, 0.29) is 16.7 Å². The van der Waals surface area contributed by atoms with Crippen molar-refractivity contribution in [3.63, 3.8) is 0 Å². The van der Waals surface area contributed by atoms with Crippen LogP contribution in [0.25, 0.3) is 5.76 Å². The third kappa shape index (κ3) is 7.01. The Balaban J connectivity index is 1.33. The number of rotatable bonds is 9. The Hall–Kier alpha value is -4.73. The van der Waals surface area contributed by atoms with Crippen LogP contribution in [0, 0.1) is 6.92 Å². The zero-order chi connectivity index (χ0) is 33.1. The molecule has 2 heterocycles. The molecular weight excluding hydrogens is 627 g/mol. The summed E-state index contributed by atoms with van der Waals surface area (Å²) < 4.78 is 6.66. The molecule has 1 aliphatic heterocycles. The molecule has 1 aliphatic rings. The largest absolute Gasteiger partial charge is 0.507 e. The zero-order valence-electron chi connectivity index (χ0n) is 26.6. The smallest absolute Gasteiger partial charge is 0.301 e. The Kier molecular flexibility index (Phi) is 9.29. The third-order valence-corrected chi connectivity index (χ3v) is 10.3. The van der Waals surface area contributed by atoms with E-state index in [4.69, 9.17) is 4.74 Å². The van der Waals surface area contributed by atoms with Gasteiger partial charge in [-0.2, -0.15) is 0 Å². The molecule has 0 spiro atoms. The summed E-state index contributed by atoms with van der Waals surface area (Å²) >= 11 is 2.76. The van der Waals surface area contributed by atoms with Crippen LogP contribution in [-0.2, 0) is 27.4 Å². The number of aliphatic hydroxyl groups excluding tert-OH is 1.